The zero-order valence-electron chi connectivity index (χ0n) is 37.2. The minimum absolute atomic E-state index is 0. The van der Waals surface area contributed by atoms with E-state index in [1.54, 1.807) is 0 Å². The van der Waals surface area contributed by atoms with Crippen LogP contribution in [-0.2, 0) is 20.1 Å². The second-order valence-corrected chi connectivity index (χ2v) is 16.6. The summed E-state index contributed by atoms with van der Waals surface area (Å²) in [5.74, 6) is 0. The molecular weight excluding hydrogens is 1000 g/mol. The third-order valence-electron chi connectivity index (χ3n) is 12.4. The fourth-order valence-corrected chi connectivity index (χ4v) is 8.98. The maximum absolute atomic E-state index is 4.88. The average Bonchev–Trinajstić information content (AvgIpc) is 3.41. The van der Waals surface area contributed by atoms with Gasteiger partial charge in [0.1, 0.15) is 0 Å². The van der Waals surface area contributed by atoms with Gasteiger partial charge in [0.2, 0.25) is 0 Å². The van der Waals surface area contributed by atoms with Crippen LogP contribution in [0.4, 0.5) is 0 Å². The largest absolute Gasteiger partial charge is 3.00 e. The van der Waals surface area contributed by atoms with Crippen LogP contribution >= 0.6 is 0 Å². The van der Waals surface area contributed by atoms with Crippen LogP contribution in [-0.4, -0.2) is 15.0 Å². The third kappa shape index (κ3) is 9.04. The molecule has 11 aromatic rings. The molecule has 0 saturated carbocycles. The Morgan fingerprint density at radius 3 is 1.01 bits per heavy atom. The second kappa shape index (κ2) is 19.8. The molecule has 0 aliphatic rings. The topological polar surface area (TPSA) is 38.7 Å². The summed E-state index contributed by atoms with van der Waals surface area (Å²) in [7, 11) is 0. The molecule has 11 rings (SSSR count). The van der Waals surface area contributed by atoms with Gasteiger partial charge >= 0.3 is 20.1 Å². The first-order valence-corrected chi connectivity index (χ1v) is 22.5. The van der Waals surface area contributed by atoms with Crippen molar-refractivity contribution in [3.8, 4) is 112 Å². The van der Waals surface area contributed by atoms with E-state index in [1.807, 2.05) is 61.1 Å². The van der Waals surface area contributed by atoms with Crippen molar-refractivity contribution in [2.45, 2.75) is 6.92 Å². The van der Waals surface area contributed by atoms with E-state index in [9.17, 15) is 0 Å². The molecule has 0 aliphatic carbocycles. The van der Waals surface area contributed by atoms with Crippen LogP contribution in [0.3, 0.4) is 0 Å². The van der Waals surface area contributed by atoms with Crippen LogP contribution in [0.1, 0.15) is 5.56 Å². The van der Waals surface area contributed by atoms with Crippen molar-refractivity contribution in [2.75, 3.05) is 0 Å². The number of benzene rings is 8. The molecule has 0 spiro atoms. The van der Waals surface area contributed by atoms with Crippen molar-refractivity contribution in [1.29, 1.82) is 0 Å². The zero-order chi connectivity index (χ0) is 44.9. The molecule has 322 valence electrons. The van der Waals surface area contributed by atoms with Gasteiger partial charge in [-0.3, -0.25) is 0 Å². The molecule has 3 nitrogen and oxygen atoms in total. The summed E-state index contributed by atoms with van der Waals surface area (Å²) < 4.78 is 0. The van der Waals surface area contributed by atoms with E-state index in [4.69, 9.17) is 4.98 Å². The van der Waals surface area contributed by atoms with E-state index in [-0.39, 0.29) is 20.1 Å². The Morgan fingerprint density at radius 2 is 0.662 bits per heavy atom. The number of hydrogen-bond acceptors (Lipinski definition) is 3. The molecule has 3 aromatic heterocycles. The van der Waals surface area contributed by atoms with Crippen LogP contribution in [0.2, 0.25) is 0 Å². The van der Waals surface area contributed by atoms with Gasteiger partial charge in [0, 0.05) is 24.2 Å². The third-order valence-corrected chi connectivity index (χ3v) is 12.4. The molecule has 0 saturated heterocycles. The van der Waals surface area contributed by atoms with E-state index in [2.05, 4.69) is 211 Å². The summed E-state index contributed by atoms with van der Waals surface area (Å²) in [6.07, 6.45) is 5.61. The van der Waals surface area contributed by atoms with E-state index in [0.717, 1.165) is 112 Å². The molecule has 0 aliphatic heterocycles. The Morgan fingerprint density at radius 1 is 0.294 bits per heavy atom. The maximum Gasteiger partial charge on any atom is 3.00 e. The Balaban J connectivity index is 0.00000539. The van der Waals surface area contributed by atoms with E-state index in [1.165, 1.54) is 5.56 Å². The van der Waals surface area contributed by atoms with Gasteiger partial charge in [-0.15, -0.1) is 89.5 Å². The van der Waals surface area contributed by atoms with Gasteiger partial charge in [0.15, 0.2) is 0 Å². The predicted octanol–water partition coefficient (Wildman–Crippen LogP) is 16.2. The molecule has 0 fully saturated rings. The van der Waals surface area contributed by atoms with E-state index < -0.39 is 0 Å². The van der Waals surface area contributed by atoms with Gasteiger partial charge in [-0.25, -0.2) is 0 Å². The summed E-state index contributed by atoms with van der Waals surface area (Å²) in [6.45, 7) is 2.15. The number of aromatic nitrogens is 3. The molecule has 0 N–H and O–H groups in total. The van der Waals surface area contributed by atoms with Crippen LogP contribution in [0.5, 0.6) is 0 Å². The van der Waals surface area contributed by atoms with Crippen molar-refractivity contribution < 1.29 is 20.1 Å². The minimum Gasteiger partial charge on any atom is -0.305 e. The molecule has 3 heterocycles. The number of rotatable bonds is 10. The monoisotopic (exact) mass is 1050 g/mol. The van der Waals surface area contributed by atoms with E-state index in [0.29, 0.717) is 0 Å². The van der Waals surface area contributed by atoms with Gasteiger partial charge < -0.3 is 15.0 Å². The van der Waals surface area contributed by atoms with Crippen molar-refractivity contribution in [2.24, 2.45) is 0 Å². The normalized spacial score (nSPS) is 10.9. The van der Waals surface area contributed by atoms with Gasteiger partial charge in [-0.05, 0) is 98.8 Å². The summed E-state index contributed by atoms with van der Waals surface area (Å²) >= 11 is 0. The fraction of sp³-hybridized carbons (Fsp3) is 0.0156. The Hall–Kier alpha value is -8.14. The van der Waals surface area contributed by atoms with Crippen LogP contribution in [0.25, 0.3) is 112 Å². The van der Waals surface area contributed by atoms with Gasteiger partial charge in [0.25, 0.3) is 0 Å². The maximum atomic E-state index is 4.88. The first-order valence-electron chi connectivity index (χ1n) is 22.5. The van der Waals surface area contributed by atoms with Gasteiger partial charge in [-0.1, -0.05) is 167 Å². The molecule has 0 atom stereocenters. The first-order chi connectivity index (χ1) is 33.1. The number of nitrogens with zero attached hydrogens (tertiary/aromatic N) is 3. The molecule has 4 heteroatoms. The Kier molecular flexibility index (Phi) is 12.7. The van der Waals surface area contributed by atoms with Crippen molar-refractivity contribution >= 4 is 0 Å². The molecule has 68 heavy (non-hydrogen) atoms. The second-order valence-electron chi connectivity index (χ2n) is 16.6. The quantitative estimate of drug-likeness (QED) is 0.128. The molecule has 0 radical (unpaired) electrons. The van der Waals surface area contributed by atoms with Crippen molar-refractivity contribution in [1.82, 2.24) is 15.0 Å². The molecule has 8 aromatic carbocycles. The average molecular weight is 1050 g/mol. The zero-order valence-corrected chi connectivity index (χ0v) is 39.6. The summed E-state index contributed by atoms with van der Waals surface area (Å²) in [6, 6.07) is 87.3. The van der Waals surface area contributed by atoms with Gasteiger partial charge in [0.05, 0.1) is 0 Å². The molecule has 0 unspecified atom stereocenters. The molecule has 0 amide bonds. The van der Waals surface area contributed by atoms with Crippen molar-refractivity contribution in [3.05, 3.63) is 261 Å². The van der Waals surface area contributed by atoms with Crippen LogP contribution in [0.15, 0.2) is 237 Å². The van der Waals surface area contributed by atoms with Gasteiger partial charge in [-0.2, -0.15) is 0 Å². The van der Waals surface area contributed by atoms with Crippen LogP contribution in [0, 0.1) is 25.1 Å². The SMILES string of the molecule is Cc1cc(-c2[c-]cc(-c3ccccc3-c3cc(-c4ccccc4-c4c[c-]c(-c5ccccn5)cc4)cc(-c4ccccc4-c4c[c-]c(-c5ccccn5)cc4)c3)cc2)ncc1-c1ccccc1.[Ir+3]. The molecule has 0 bridgehead atoms. The first kappa shape index (κ1) is 43.7. The Labute approximate surface area is 412 Å². The minimum atomic E-state index is 0. The number of aryl methyl sites for hydroxylation is 1. The summed E-state index contributed by atoms with van der Waals surface area (Å²) in [5.41, 5.74) is 22.4. The summed E-state index contributed by atoms with van der Waals surface area (Å²) in [4.78, 5) is 14.0. The standard InChI is InChI=1S/C64H42N3.Ir/c1-44-39-64(67-43-61(44)45-15-3-2-4-16-45)51-35-29-48(30-36-51)57-19-7-10-22-60(57)54-41-52(58-20-8-5-17-55(58)46-25-31-49(32-26-46)62-23-11-13-37-65-62)40-53(42-54)59-21-9-6-18-56(59)47-27-33-50(34-28-47)63-24-12-14-38-66-63;/h2-31,33,35,37-43H,1H3;/q-3;+3. The smallest absolute Gasteiger partial charge is 0.305 e. The predicted molar refractivity (Wildman–Crippen MR) is 275 cm³/mol. The molecular formula is C64H42IrN3. The fourth-order valence-electron chi connectivity index (χ4n) is 8.98. The van der Waals surface area contributed by atoms with Crippen LogP contribution < -0.4 is 0 Å². The Bertz CT molecular complexity index is 3340. The number of pyridine rings is 3. The van der Waals surface area contributed by atoms with Crippen molar-refractivity contribution in [3.63, 3.8) is 0 Å². The number of hydrogen-bond donors (Lipinski definition) is 0. The van der Waals surface area contributed by atoms with E-state index >= 15 is 0 Å². The summed E-state index contributed by atoms with van der Waals surface area (Å²) in [5, 5.41) is 0.